The Labute approximate surface area is 407 Å². The van der Waals surface area contributed by atoms with Crippen LogP contribution in [0.1, 0.15) is 68.0 Å². The Morgan fingerprint density at radius 2 is 0.492 bits per heavy atom. The third-order valence-corrected chi connectivity index (χ3v) is 9.43. The minimum atomic E-state index is 0. The van der Waals surface area contributed by atoms with Crippen molar-refractivity contribution in [2.75, 3.05) is 21.3 Å². The first-order valence-electron chi connectivity index (χ1n) is 21.2. The third kappa shape index (κ3) is 26.9. The van der Waals surface area contributed by atoms with Gasteiger partial charge in [0.05, 0.1) is 0 Å². The van der Waals surface area contributed by atoms with Crippen molar-refractivity contribution in [3.05, 3.63) is 275 Å². The van der Waals surface area contributed by atoms with Gasteiger partial charge in [0, 0.05) is 0 Å². The van der Waals surface area contributed by atoms with Crippen molar-refractivity contribution in [1.82, 2.24) is 0 Å². The van der Waals surface area contributed by atoms with E-state index in [-0.39, 0.29) is 27.1 Å². The zero-order valence-corrected chi connectivity index (χ0v) is 41.0. The predicted octanol–water partition coefficient (Wildman–Crippen LogP) is 13.3. The molecule has 6 aromatic rings. The van der Waals surface area contributed by atoms with Gasteiger partial charge in [0.15, 0.2) is 0 Å². The molecular formula is C61H66O3Ti. The van der Waals surface area contributed by atoms with Crippen LogP contribution in [0.3, 0.4) is 0 Å². The van der Waals surface area contributed by atoms with E-state index in [9.17, 15) is 0 Å². The topological polar surface area (TPSA) is 69.2 Å². The van der Waals surface area contributed by atoms with E-state index >= 15 is 0 Å². The van der Waals surface area contributed by atoms with Crippen LogP contribution in [0.5, 0.6) is 0 Å². The fourth-order valence-corrected chi connectivity index (χ4v) is 5.79. The van der Waals surface area contributed by atoms with Crippen LogP contribution in [0.4, 0.5) is 0 Å². The van der Waals surface area contributed by atoms with E-state index < -0.39 is 0 Å². The first kappa shape index (κ1) is 58.8. The number of benzene rings is 6. The van der Waals surface area contributed by atoms with Crippen molar-refractivity contribution < 1.29 is 37.0 Å². The van der Waals surface area contributed by atoms with E-state index in [0.29, 0.717) is 0 Å². The zero-order chi connectivity index (χ0) is 47.1. The summed E-state index contributed by atoms with van der Waals surface area (Å²) in [6.45, 7) is 10.9. The second-order valence-electron chi connectivity index (χ2n) is 14.2. The maximum absolute atomic E-state index is 8.25. The van der Waals surface area contributed by atoms with Gasteiger partial charge in [0.1, 0.15) is 0 Å². The number of allylic oxidation sites excluding steroid dienone is 10. The average molecular weight is 895 g/mol. The number of rotatable bonds is 9. The van der Waals surface area contributed by atoms with Crippen LogP contribution < -0.4 is 15.3 Å². The van der Waals surface area contributed by atoms with Crippen LogP contribution in [0.2, 0.25) is 0 Å². The fourth-order valence-electron chi connectivity index (χ4n) is 5.79. The van der Waals surface area contributed by atoms with E-state index in [1.54, 1.807) is 0 Å². The summed E-state index contributed by atoms with van der Waals surface area (Å²) in [5.41, 5.74) is 11.7. The maximum Gasteiger partial charge on any atom is 4.00 e. The van der Waals surface area contributed by atoms with Crippen molar-refractivity contribution in [2.24, 2.45) is 5.41 Å². The Hall–Kier alpha value is -6.17. The molecule has 0 spiro atoms. The van der Waals surface area contributed by atoms with Crippen LogP contribution >= 0.6 is 0 Å². The van der Waals surface area contributed by atoms with Gasteiger partial charge in [-0.1, -0.05) is 288 Å². The molecular weight excluding hydrogens is 829 g/mol. The largest absolute Gasteiger partial charge is 4.00 e. The molecule has 0 saturated carbocycles. The smallest absolute Gasteiger partial charge is 0.857 e. The van der Waals surface area contributed by atoms with Crippen LogP contribution in [-0.2, 0) is 21.7 Å². The van der Waals surface area contributed by atoms with Gasteiger partial charge < -0.3 is 15.3 Å². The first-order chi connectivity index (χ1) is 31.3. The van der Waals surface area contributed by atoms with Gasteiger partial charge in [-0.3, -0.25) is 6.08 Å². The summed E-state index contributed by atoms with van der Waals surface area (Å²) in [5, 5.41) is 24.8. The molecule has 6 aromatic carbocycles. The van der Waals surface area contributed by atoms with Crippen LogP contribution in [0.25, 0.3) is 36.5 Å². The van der Waals surface area contributed by atoms with E-state index in [2.05, 4.69) is 186 Å². The number of hydrogen-bond donors (Lipinski definition) is 0. The molecule has 1 aliphatic rings. The molecule has 7 rings (SSSR count). The maximum atomic E-state index is 8.25. The van der Waals surface area contributed by atoms with Crippen molar-refractivity contribution in [2.45, 2.75) is 34.6 Å². The van der Waals surface area contributed by atoms with Gasteiger partial charge in [-0.15, -0.1) is 6.92 Å². The summed E-state index contributed by atoms with van der Waals surface area (Å²) in [6, 6.07) is 61.7. The van der Waals surface area contributed by atoms with E-state index in [0.717, 1.165) is 21.3 Å². The molecule has 0 atom stereocenters. The van der Waals surface area contributed by atoms with Gasteiger partial charge in [0.2, 0.25) is 0 Å². The molecule has 0 bridgehead atoms. The fraction of sp³-hybridized carbons (Fsp3) is 0.148. The SMILES string of the molecule is C(C=Cc1ccccc1)=Cc1ccccc1.C(C=Cc1ccccc1)=Cc1ccccc1.C(C=Cc1ccccc1)=Cc1ccccc1.CC1=[C-]C(C)(C)C(C)=C1C.C[O-].C[O-].C[O-].[Ti+4]. The van der Waals surface area contributed by atoms with Crippen molar-refractivity contribution in [3.63, 3.8) is 0 Å². The van der Waals surface area contributed by atoms with E-state index in [1.165, 1.54) is 50.1 Å². The summed E-state index contributed by atoms with van der Waals surface area (Å²) >= 11 is 0. The molecule has 332 valence electrons. The molecule has 0 N–H and O–H groups in total. The van der Waals surface area contributed by atoms with Gasteiger partial charge in [-0.25, -0.2) is 5.57 Å². The second-order valence-corrected chi connectivity index (χ2v) is 14.2. The van der Waals surface area contributed by atoms with Crippen LogP contribution in [0.15, 0.2) is 235 Å². The minimum Gasteiger partial charge on any atom is -0.857 e. The zero-order valence-electron chi connectivity index (χ0n) is 39.5. The Kier molecular flexibility index (Phi) is 34.7. The molecule has 0 unspecified atom stereocenters. The van der Waals surface area contributed by atoms with Crippen molar-refractivity contribution in [3.8, 4) is 0 Å². The van der Waals surface area contributed by atoms with Crippen LogP contribution in [-0.4, -0.2) is 21.3 Å². The normalized spacial score (nSPS) is 12.2. The Balaban J connectivity index is 0.000000813. The Morgan fingerprint density at radius 1 is 0.323 bits per heavy atom. The van der Waals surface area contributed by atoms with Gasteiger partial charge in [-0.2, -0.15) is 32.5 Å². The third-order valence-electron chi connectivity index (χ3n) is 9.43. The van der Waals surface area contributed by atoms with Gasteiger partial charge in [-0.05, 0) is 33.4 Å². The molecule has 0 aliphatic heterocycles. The summed E-state index contributed by atoms with van der Waals surface area (Å²) in [7, 11) is 2.25. The van der Waals surface area contributed by atoms with E-state index in [4.69, 9.17) is 15.3 Å². The standard InChI is InChI=1S/3C16H14.C10H15.3CH3O.Ti/c3*1-3-9-15(10-4-1)13-7-8-14-16-11-5-2-6-12-16;1-7-6-10(4,5)9(3)8(7)2;3*1-2;/h3*1-14H;1-5H3;3*1H3;/q;;;4*-1;+4. The molecule has 0 amide bonds. The van der Waals surface area contributed by atoms with Gasteiger partial charge in [0.25, 0.3) is 0 Å². The number of hydrogen-bond acceptors (Lipinski definition) is 3. The van der Waals surface area contributed by atoms with Crippen molar-refractivity contribution in [1.29, 1.82) is 0 Å². The minimum absolute atomic E-state index is 0. The monoisotopic (exact) mass is 894 g/mol. The molecule has 0 fully saturated rings. The van der Waals surface area contributed by atoms with Gasteiger partial charge >= 0.3 is 21.7 Å². The molecule has 0 heterocycles. The summed E-state index contributed by atoms with van der Waals surface area (Å²) in [5.74, 6) is 0. The molecule has 1 aliphatic carbocycles. The summed E-state index contributed by atoms with van der Waals surface area (Å²) < 4.78 is 0. The molecule has 0 radical (unpaired) electrons. The molecule has 3 nitrogen and oxygen atoms in total. The molecule has 0 saturated heterocycles. The predicted molar refractivity (Wildman–Crippen MR) is 275 cm³/mol. The first-order valence-corrected chi connectivity index (χ1v) is 21.2. The molecule has 4 heteroatoms. The summed E-state index contributed by atoms with van der Waals surface area (Å²) in [4.78, 5) is 0. The second kappa shape index (κ2) is 38.3. The Morgan fingerprint density at radius 3 is 0.600 bits per heavy atom. The molecule has 65 heavy (non-hydrogen) atoms. The Bertz CT molecular complexity index is 1920. The summed E-state index contributed by atoms with van der Waals surface area (Å²) in [6.07, 6.45) is 28.4. The molecule has 0 aromatic heterocycles. The average Bonchev–Trinajstić information content (AvgIpc) is 3.55. The quantitative estimate of drug-likeness (QED) is 0.0825. The van der Waals surface area contributed by atoms with E-state index in [1.807, 2.05) is 109 Å². The van der Waals surface area contributed by atoms with Crippen molar-refractivity contribution >= 4 is 36.5 Å². The van der Waals surface area contributed by atoms with Crippen LogP contribution in [0, 0.1) is 11.5 Å².